The van der Waals surface area contributed by atoms with Gasteiger partial charge in [0.05, 0.1) is 43.9 Å². The molecular formula is C50H48N10O18. The first-order valence-electron chi connectivity index (χ1n) is 23.7. The fourth-order valence-electron chi connectivity index (χ4n) is 10.1. The maximum absolute atomic E-state index is 14.3. The molecule has 2 saturated heterocycles. The van der Waals surface area contributed by atoms with Crippen LogP contribution in [-0.4, -0.2) is 149 Å². The van der Waals surface area contributed by atoms with E-state index < -0.39 is 102 Å². The number of benzene rings is 4. The summed E-state index contributed by atoms with van der Waals surface area (Å²) >= 11 is 0. The van der Waals surface area contributed by atoms with Crippen LogP contribution >= 0.6 is 0 Å². The SMILES string of the molecule is COc1ccc(-n2nc(C(N)=O)c3c2C(=O)N(c2ccc(N4C(=O)CCC(COc5ccc(-n6nc(C(N)=O)c7c6C(=O)N(c6ccc(N8C(=O)C(O)(O)CCC8(O)O)cc6)C(O)(O)C7)cc5)C4(O)O)cc2)C(O)(O)C3)cc1. The number of hydrogen-bond donors (Lipinski definition) is 12. The molecule has 0 radical (unpaired) electrons. The second-order valence-electron chi connectivity index (χ2n) is 19.0. The Kier molecular flexibility index (Phi) is 12.5. The minimum atomic E-state index is -3.01. The maximum atomic E-state index is 14.3. The number of methoxy groups -OCH3 is 1. The molecule has 1 atom stereocenters. The lowest BCUT2D eigenvalue weighted by molar-refractivity contribution is -0.237. The van der Waals surface area contributed by atoms with E-state index in [-0.39, 0.29) is 81.8 Å². The molecule has 2 fully saturated rings. The molecule has 4 aliphatic heterocycles. The molecule has 0 bridgehead atoms. The van der Waals surface area contributed by atoms with Crippen molar-refractivity contribution in [2.45, 2.75) is 68.0 Å². The average molecular weight is 1080 g/mol. The monoisotopic (exact) mass is 1080 g/mol. The lowest BCUT2D eigenvalue weighted by atomic mass is 9.92. The molecule has 0 aliphatic carbocycles. The van der Waals surface area contributed by atoms with E-state index in [0.29, 0.717) is 26.1 Å². The predicted molar refractivity (Wildman–Crippen MR) is 263 cm³/mol. The van der Waals surface area contributed by atoms with Gasteiger partial charge in [-0.05, 0) is 103 Å². The number of hydrogen-bond acceptors (Lipinski definition) is 20. The van der Waals surface area contributed by atoms with Crippen molar-refractivity contribution in [3.63, 3.8) is 0 Å². The number of nitrogens with zero attached hydrogens (tertiary/aromatic N) is 8. The Morgan fingerprint density at radius 1 is 0.551 bits per heavy atom. The van der Waals surface area contributed by atoms with Gasteiger partial charge in [-0.1, -0.05) is 0 Å². The van der Waals surface area contributed by atoms with Crippen molar-refractivity contribution < 1.29 is 89.3 Å². The van der Waals surface area contributed by atoms with Crippen LogP contribution in [0.3, 0.4) is 0 Å². The Hall–Kier alpha value is -8.68. The van der Waals surface area contributed by atoms with Crippen LogP contribution in [0.5, 0.6) is 11.5 Å². The predicted octanol–water partition coefficient (Wildman–Crippen LogP) is -2.15. The summed E-state index contributed by atoms with van der Waals surface area (Å²) in [4.78, 5) is 82.1. The molecule has 4 aliphatic rings. The van der Waals surface area contributed by atoms with Crippen molar-refractivity contribution in [1.29, 1.82) is 0 Å². The van der Waals surface area contributed by atoms with Crippen molar-refractivity contribution in [1.82, 2.24) is 19.6 Å². The van der Waals surface area contributed by atoms with Crippen LogP contribution in [-0.2, 0) is 22.4 Å². The van der Waals surface area contributed by atoms with Gasteiger partial charge in [0.15, 0.2) is 11.4 Å². The van der Waals surface area contributed by atoms with Gasteiger partial charge in [-0.25, -0.2) is 9.36 Å². The molecular weight excluding hydrogens is 1030 g/mol. The summed E-state index contributed by atoms with van der Waals surface area (Å²) < 4.78 is 13.3. The largest absolute Gasteiger partial charge is 0.497 e. The lowest BCUT2D eigenvalue weighted by Gasteiger charge is -2.44. The van der Waals surface area contributed by atoms with Crippen LogP contribution in [0, 0.1) is 5.92 Å². The molecule has 28 heteroatoms. The number of carbonyl (C=O) groups excluding carboxylic acids is 6. The number of fused-ring (bicyclic) bond motifs is 2. The summed E-state index contributed by atoms with van der Waals surface area (Å²) in [5, 5.41) is 118. The smallest absolute Gasteiger partial charge is 0.291 e. The summed E-state index contributed by atoms with van der Waals surface area (Å²) in [5.41, 5.74) is 9.27. The number of anilines is 4. The highest BCUT2D eigenvalue weighted by molar-refractivity contribution is 6.11. The molecule has 14 N–H and O–H groups in total. The van der Waals surface area contributed by atoms with Crippen LogP contribution in [0.2, 0.25) is 0 Å². The van der Waals surface area contributed by atoms with Crippen LogP contribution in [0.4, 0.5) is 22.7 Å². The van der Waals surface area contributed by atoms with E-state index in [1.54, 1.807) is 24.3 Å². The first-order valence-corrected chi connectivity index (χ1v) is 23.7. The zero-order chi connectivity index (χ0) is 56.2. The molecule has 28 nitrogen and oxygen atoms in total. The Morgan fingerprint density at radius 3 is 1.37 bits per heavy atom. The number of aliphatic hydroxyl groups is 10. The second-order valence-corrected chi connectivity index (χ2v) is 19.0. The third-order valence-corrected chi connectivity index (χ3v) is 13.9. The van der Waals surface area contributed by atoms with Gasteiger partial charge in [0, 0.05) is 53.1 Å². The van der Waals surface area contributed by atoms with Crippen LogP contribution < -0.4 is 40.5 Å². The van der Waals surface area contributed by atoms with Gasteiger partial charge < -0.3 is 72.0 Å². The topological polar surface area (TPSA) is 424 Å². The number of aromatic nitrogens is 4. The molecule has 2 aromatic heterocycles. The Labute approximate surface area is 438 Å². The summed E-state index contributed by atoms with van der Waals surface area (Å²) in [5.74, 6) is -21.5. The standard InChI is InChI=1S/C50H48N10O18/c1-77-32-15-11-30(12-16-32)59-39-34(37(53-59)41(51)62)22-48(71,72)56(43(39)64)27-5-3-26(4-6-27)55-36(61)19-2-25(50(55,75)76)24-78-33-17-13-31(14-18-33)60-40-35(38(54-60)42(52)63)23-49(73,74)57(44(40)65)28-7-9-29(10-8-28)58-45(66)46(67,68)20-21-47(58,69)70/h3-18,25,67-76H,2,19-24H2,1H3,(H2,51,62)(H2,52,63). The number of amides is 6. The van der Waals surface area contributed by atoms with Crippen molar-refractivity contribution in [3.8, 4) is 22.9 Å². The minimum Gasteiger partial charge on any atom is -0.497 e. The lowest BCUT2D eigenvalue weighted by Crippen LogP contribution is -2.64. The van der Waals surface area contributed by atoms with Crippen LogP contribution in [0.15, 0.2) is 97.1 Å². The van der Waals surface area contributed by atoms with E-state index in [4.69, 9.17) is 20.9 Å². The summed E-state index contributed by atoms with van der Waals surface area (Å²) in [7, 11) is 1.46. The molecule has 406 valence electrons. The van der Waals surface area contributed by atoms with E-state index in [0.717, 1.165) is 38.5 Å². The van der Waals surface area contributed by atoms with Crippen molar-refractivity contribution in [2.24, 2.45) is 17.4 Å². The molecule has 6 amide bonds. The molecule has 4 aromatic carbocycles. The number of carbonyl (C=O) groups is 6. The third-order valence-electron chi connectivity index (χ3n) is 13.9. The highest BCUT2D eigenvalue weighted by Gasteiger charge is 2.54. The van der Waals surface area contributed by atoms with Gasteiger partial charge in [0.2, 0.25) is 11.7 Å². The van der Waals surface area contributed by atoms with E-state index in [9.17, 15) is 79.8 Å². The number of ether oxygens (including phenoxy) is 2. The van der Waals surface area contributed by atoms with E-state index in [1.807, 2.05) is 0 Å². The average Bonchev–Trinajstić information content (AvgIpc) is 4.12. The highest BCUT2D eigenvalue weighted by atomic mass is 16.6. The Bertz CT molecular complexity index is 3450. The molecule has 0 spiro atoms. The van der Waals surface area contributed by atoms with E-state index in [1.165, 1.54) is 55.6 Å². The molecule has 1 unspecified atom stereocenters. The fraction of sp³-hybridized carbons (Fsp3) is 0.280. The fourth-order valence-corrected chi connectivity index (χ4v) is 10.1. The minimum absolute atomic E-state index is 0.0598. The number of nitrogens with two attached hydrogens (primary N) is 2. The zero-order valence-corrected chi connectivity index (χ0v) is 40.7. The van der Waals surface area contributed by atoms with Crippen LogP contribution in [0.1, 0.15) is 78.8 Å². The first kappa shape index (κ1) is 52.7. The van der Waals surface area contributed by atoms with E-state index >= 15 is 0 Å². The van der Waals surface area contributed by atoms with Gasteiger partial charge in [0.1, 0.15) is 22.9 Å². The summed E-state index contributed by atoms with van der Waals surface area (Å²) in [6.45, 7) is -0.389. The second kappa shape index (κ2) is 18.5. The summed E-state index contributed by atoms with van der Waals surface area (Å²) in [6, 6.07) is 21.3. The quantitative estimate of drug-likeness (QED) is 0.0582. The molecule has 10 rings (SSSR count). The first-order chi connectivity index (χ1) is 36.7. The molecule has 6 heterocycles. The number of primary amides is 2. The maximum Gasteiger partial charge on any atom is 0.291 e. The van der Waals surface area contributed by atoms with Crippen molar-refractivity contribution in [3.05, 3.63) is 131 Å². The highest BCUT2D eigenvalue weighted by Crippen LogP contribution is 2.42. The molecule has 78 heavy (non-hydrogen) atoms. The third kappa shape index (κ3) is 8.72. The molecule has 6 aromatic rings. The van der Waals surface area contributed by atoms with Crippen molar-refractivity contribution in [2.75, 3.05) is 33.3 Å². The summed E-state index contributed by atoms with van der Waals surface area (Å²) in [6.07, 6.45) is -3.07. The number of rotatable bonds is 12. The van der Waals surface area contributed by atoms with Crippen molar-refractivity contribution >= 4 is 58.2 Å². The van der Waals surface area contributed by atoms with Gasteiger partial charge in [0.25, 0.3) is 53.2 Å². The number of piperidine rings is 2. The van der Waals surface area contributed by atoms with Crippen LogP contribution in [0.25, 0.3) is 11.4 Å². The zero-order valence-electron chi connectivity index (χ0n) is 40.7. The van der Waals surface area contributed by atoms with Gasteiger partial charge >= 0.3 is 0 Å². The van der Waals surface area contributed by atoms with Gasteiger partial charge in [-0.15, -0.1) is 0 Å². The Balaban J connectivity index is 0.861. The van der Waals surface area contributed by atoms with Gasteiger partial charge in [-0.3, -0.25) is 48.4 Å². The normalized spacial score (nSPS) is 20.1. The Morgan fingerprint density at radius 2 is 0.949 bits per heavy atom. The molecule has 0 saturated carbocycles. The van der Waals surface area contributed by atoms with Gasteiger partial charge in [-0.2, -0.15) is 10.2 Å². The van der Waals surface area contributed by atoms with E-state index in [2.05, 4.69) is 10.2 Å².